The maximum Gasteiger partial charge on any atom is 0.305 e. The van der Waals surface area contributed by atoms with Crippen LogP contribution in [0.15, 0.2) is 77.5 Å². The second-order valence-corrected chi connectivity index (χ2v) is 7.41. The number of carbonyl (C=O) groups is 2. The molecule has 0 unspecified atom stereocenters. The van der Waals surface area contributed by atoms with Gasteiger partial charge in [-0.05, 0) is 6.08 Å². The van der Waals surface area contributed by atoms with Gasteiger partial charge in [0.05, 0.1) is 43.3 Å². The molecular weight excluding hydrogens is 418 g/mol. The highest BCUT2D eigenvalue weighted by Gasteiger charge is 2.31. The molecule has 0 atom stereocenters. The van der Waals surface area contributed by atoms with Crippen molar-refractivity contribution in [3.05, 3.63) is 83.6 Å². The van der Waals surface area contributed by atoms with Crippen LogP contribution in [-0.4, -0.2) is 44.0 Å². The molecule has 1 aromatic heterocycles. The highest BCUT2D eigenvalue weighted by atomic mass is 16.4. The monoisotopic (exact) mass is 439 g/mol. The molecule has 0 bridgehead atoms. The van der Waals surface area contributed by atoms with E-state index in [-0.39, 0.29) is 31.8 Å². The minimum atomic E-state index is -0.913. The summed E-state index contributed by atoms with van der Waals surface area (Å²) in [6.45, 7) is 0.409. The molecule has 1 N–H and O–H groups in total. The maximum absolute atomic E-state index is 13.2. The summed E-state index contributed by atoms with van der Waals surface area (Å²) in [5.74, 6) is -1.20. The molecule has 2 aromatic carbocycles. The molecule has 2 heterocycles. The van der Waals surface area contributed by atoms with Crippen LogP contribution in [0.1, 0.15) is 24.0 Å². The average molecular weight is 439 g/mol. The second-order valence-electron chi connectivity index (χ2n) is 7.41. The number of aliphatic carboxylic acids is 1. The van der Waals surface area contributed by atoms with Crippen molar-refractivity contribution in [1.82, 2.24) is 14.8 Å². The van der Waals surface area contributed by atoms with E-state index in [0.717, 1.165) is 11.1 Å². The van der Waals surface area contributed by atoms with Crippen LogP contribution >= 0.6 is 0 Å². The average Bonchev–Trinajstić information content (AvgIpc) is 3.39. The van der Waals surface area contributed by atoms with Crippen molar-refractivity contribution in [2.45, 2.75) is 19.4 Å². The summed E-state index contributed by atoms with van der Waals surface area (Å²) < 4.78 is 1.58. The number of amides is 1. The Hall–Kier alpha value is -4.51. The van der Waals surface area contributed by atoms with Crippen LogP contribution < -0.4 is 0 Å². The van der Waals surface area contributed by atoms with E-state index in [1.165, 1.54) is 5.01 Å². The van der Waals surface area contributed by atoms with E-state index in [1.54, 1.807) is 17.0 Å². The molecule has 1 aliphatic rings. The van der Waals surface area contributed by atoms with E-state index in [1.807, 2.05) is 66.7 Å². The maximum atomic E-state index is 13.2. The Balaban J connectivity index is 1.80. The topological polar surface area (TPSA) is 112 Å². The van der Waals surface area contributed by atoms with Crippen molar-refractivity contribution >= 4 is 23.7 Å². The molecule has 0 aliphatic carbocycles. The molecule has 8 heteroatoms. The number of nitrogens with zero attached hydrogens (tertiary/aromatic N) is 5. The number of hydrogen-bond acceptors (Lipinski definition) is 5. The Morgan fingerprint density at radius 3 is 2.33 bits per heavy atom. The Morgan fingerprint density at radius 2 is 1.70 bits per heavy atom. The summed E-state index contributed by atoms with van der Waals surface area (Å²) in [6.07, 6.45) is 3.59. The van der Waals surface area contributed by atoms with E-state index in [0.29, 0.717) is 22.5 Å². The first-order valence-corrected chi connectivity index (χ1v) is 10.5. The zero-order valence-corrected chi connectivity index (χ0v) is 17.8. The SMILES string of the molecule is N#CCCN1N=C(c2ccccc2)C(=Cc2cn(CCC(=O)O)nc2-c2ccccc2)C1=O. The van der Waals surface area contributed by atoms with Gasteiger partial charge in [-0.15, -0.1) is 0 Å². The molecule has 4 rings (SSSR count). The third-order valence-electron chi connectivity index (χ3n) is 5.12. The Morgan fingerprint density at radius 1 is 1.03 bits per heavy atom. The van der Waals surface area contributed by atoms with Crippen LogP contribution in [0, 0.1) is 11.3 Å². The number of carbonyl (C=O) groups excluding carboxylic acids is 1. The predicted octanol–water partition coefficient (Wildman–Crippen LogP) is 3.57. The molecule has 0 fully saturated rings. The number of aryl methyl sites for hydroxylation is 1. The lowest BCUT2D eigenvalue weighted by Crippen LogP contribution is -2.23. The fourth-order valence-electron chi connectivity index (χ4n) is 3.55. The molecule has 0 saturated heterocycles. The van der Waals surface area contributed by atoms with Crippen molar-refractivity contribution in [3.63, 3.8) is 0 Å². The molecule has 1 amide bonds. The Kier molecular flexibility index (Phi) is 6.41. The smallest absolute Gasteiger partial charge is 0.305 e. The second kappa shape index (κ2) is 9.75. The normalized spacial score (nSPS) is 14.4. The van der Waals surface area contributed by atoms with Crippen molar-refractivity contribution in [1.29, 1.82) is 5.26 Å². The molecular formula is C25H21N5O3. The van der Waals surface area contributed by atoms with Gasteiger partial charge in [-0.1, -0.05) is 60.7 Å². The van der Waals surface area contributed by atoms with Gasteiger partial charge in [-0.25, -0.2) is 5.01 Å². The van der Waals surface area contributed by atoms with Crippen LogP contribution in [0.4, 0.5) is 0 Å². The number of carboxylic acids is 1. The number of rotatable bonds is 8. The largest absolute Gasteiger partial charge is 0.481 e. The summed E-state index contributed by atoms with van der Waals surface area (Å²) in [6, 6.07) is 20.9. The highest BCUT2D eigenvalue weighted by Crippen LogP contribution is 2.28. The fraction of sp³-hybridized carbons (Fsp3) is 0.160. The highest BCUT2D eigenvalue weighted by molar-refractivity contribution is 6.33. The minimum absolute atomic E-state index is 0.0660. The molecule has 3 aromatic rings. The van der Waals surface area contributed by atoms with Crippen LogP contribution in [-0.2, 0) is 16.1 Å². The molecule has 164 valence electrons. The molecule has 0 spiro atoms. The number of hydrogen-bond donors (Lipinski definition) is 1. The van der Waals surface area contributed by atoms with Gasteiger partial charge in [0.1, 0.15) is 5.71 Å². The van der Waals surface area contributed by atoms with Crippen molar-refractivity contribution in [2.24, 2.45) is 5.10 Å². The summed E-state index contributed by atoms with van der Waals surface area (Å²) in [7, 11) is 0. The number of benzene rings is 2. The van der Waals surface area contributed by atoms with Gasteiger partial charge >= 0.3 is 5.97 Å². The molecule has 1 aliphatic heterocycles. The first-order valence-electron chi connectivity index (χ1n) is 10.5. The molecule has 8 nitrogen and oxygen atoms in total. The van der Waals surface area contributed by atoms with Crippen molar-refractivity contribution in [3.8, 4) is 17.3 Å². The van der Waals surface area contributed by atoms with Gasteiger partial charge in [-0.2, -0.15) is 15.5 Å². The van der Waals surface area contributed by atoms with Crippen molar-refractivity contribution in [2.75, 3.05) is 6.54 Å². The molecule has 0 saturated carbocycles. The summed E-state index contributed by atoms with van der Waals surface area (Å²) in [5, 5.41) is 28.4. The van der Waals surface area contributed by atoms with E-state index in [2.05, 4.69) is 10.2 Å². The number of aromatic nitrogens is 2. The van der Waals surface area contributed by atoms with Gasteiger partial charge < -0.3 is 5.11 Å². The van der Waals surface area contributed by atoms with E-state index in [9.17, 15) is 9.59 Å². The van der Waals surface area contributed by atoms with Crippen LogP contribution in [0.25, 0.3) is 17.3 Å². The Bertz CT molecular complexity index is 1270. The quantitative estimate of drug-likeness (QED) is 0.539. The number of hydrazone groups is 1. The fourth-order valence-corrected chi connectivity index (χ4v) is 3.55. The van der Waals surface area contributed by atoms with Gasteiger partial charge in [0.2, 0.25) is 0 Å². The van der Waals surface area contributed by atoms with Crippen molar-refractivity contribution < 1.29 is 14.7 Å². The first kappa shape index (κ1) is 21.7. The first-order chi connectivity index (χ1) is 16.1. The lowest BCUT2D eigenvalue weighted by molar-refractivity contribution is -0.137. The lowest BCUT2D eigenvalue weighted by Gasteiger charge is -2.08. The van der Waals surface area contributed by atoms with E-state index in [4.69, 9.17) is 10.4 Å². The Labute approximate surface area is 190 Å². The van der Waals surface area contributed by atoms with Gasteiger partial charge in [0.15, 0.2) is 0 Å². The van der Waals surface area contributed by atoms with Crippen LogP contribution in [0.3, 0.4) is 0 Å². The molecule has 33 heavy (non-hydrogen) atoms. The van der Waals surface area contributed by atoms with Gasteiger partial charge in [0.25, 0.3) is 5.91 Å². The van der Waals surface area contributed by atoms with Gasteiger partial charge in [0, 0.05) is 22.9 Å². The predicted molar refractivity (Wildman–Crippen MR) is 123 cm³/mol. The zero-order valence-electron chi connectivity index (χ0n) is 17.8. The van der Waals surface area contributed by atoms with Crippen LogP contribution in [0.5, 0.6) is 0 Å². The minimum Gasteiger partial charge on any atom is -0.481 e. The zero-order chi connectivity index (χ0) is 23.2. The van der Waals surface area contributed by atoms with Gasteiger partial charge in [-0.3, -0.25) is 14.3 Å². The number of nitriles is 1. The third-order valence-corrected chi connectivity index (χ3v) is 5.12. The summed E-state index contributed by atoms with van der Waals surface area (Å²) in [4.78, 5) is 24.2. The number of carboxylic acid groups (broad SMARTS) is 1. The molecule has 0 radical (unpaired) electrons. The summed E-state index contributed by atoms with van der Waals surface area (Å²) in [5.41, 5.74) is 3.88. The third kappa shape index (κ3) is 4.88. The van der Waals surface area contributed by atoms with E-state index < -0.39 is 5.97 Å². The standard InChI is InChI=1S/C25H21N5O3/c26-13-7-14-30-25(33)21(24(28-30)19-10-5-2-6-11-19)16-20-17-29(15-12-22(31)32)27-23(20)18-8-3-1-4-9-18/h1-6,8-11,16-17H,7,12,14-15H2,(H,31,32). The van der Waals surface area contributed by atoms with Crippen LogP contribution in [0.2, 0.25) is 0 Å². The summed E-state index contributed by atoms with van der Waals surface area (Å²) >= 11 is 0. The van der Waals surface area contributed by atoms with E-state index >= 15 is 0 Å². The lowest BCUT2D eigenvalue weighted by atomic mass is 9.99.